The second-order valence-electron chi connectivity index (χ2n) is 8.39. The van der Waals surface area contributed by atoms with Crippen LogP contribution in [0.25, 0.3) is 0 Å². The summed E-state index contributed by atoms with van der Waals surface area (Å²) < 4.78 is 45.6. The Labute approximate surface area is 199 Å². The Kier molecular flexibility index (Phi) is 6.88. The van der Waals surface area contributed by atoms with Crippen LogP contribution < -0.4 is 4.74 Å². The average molecular weight is 487 g/mol. The number of pyridine rings is 1. The summed E-state index contributed by atoms with van der Waals surface area (Å²) in [6.07, 6.45) is -1.92. The standard InChI is InChI=1S/C24H24F3N5O3/c1-16-14-30(10-11-31(16)23(34)32-9-7-21(29-32)17(2)33)15-18-4-3-5-20(12-18)35-22-13-19(6-8-28-22)24(25,26)27/h3-9,12-13,16H,10-11,14-15H2,1-2H3/t16-/m0/s1. The van der Waals surface area contributed by atoms with E-state index in [2.05, 4.69) is 15.0 Å². The molecule has 1 aromatic carbocycles. The van der Waals surface area contributed by atoms with Gasteiger partial charge in [0.05, 0.1) is 5.56 Å². The molecule has 0 N–H and O–H groups in total. The van der Waals surface area contributed by atoms with Gasteiger partial charge in [0.1, 0.15) is 11.4 Å². The first-order chi connectivity index (χ1) is 16.6. The summed E-state index contributed by atoms with van der Waals surface area (Å²) >= 11 is 0. The van der Waals surface area contributed by atoms with E-state index in [0.29, 0.717) is 31.9 Å². The number of ketones is 1. The van der Waals surface area contributed by atoms with Crippen molar-refractivity contribution in [1.82, 2.24) is 24.6 Å². The quantitative estimate of drug-likeness (QED) is 0.494. The molecule has 184 valence electrons. The number of halogens is 3. The second kappa shape index (κ2) is 9.87. The molecule has 4 rings (SSSR count). The smallest absolute Gasteiger partial charge is 0.416 e. The van der Waals surface area contributed by atoms with E-state index in [1.54, 1.807) is 23.1 Å². The number of amides is 1. The molecule has 1 fully saturated rings. The van der Waals surface area contributed by atoms with Gasteiger partial charge < -0.3 is 9.64 Å². The van der Waals surface area contributed by atoms with Crippen LogP contribution in [-0.2, 0) is 12.7 Å². The van der Waals surface area contributed by atoms with Gasteiger partial charge in [-0.15, -0.1) is 0 Å². The molecule has 11 heteroatoms. The molecule has 1 atom stereocenters. The topological polar surface area (TPSA) is 80.6 Å². The van der Waals surface area contributed by atoms with Crippen LogP contribution in [0.3, 0.4) is 0 Å². The van der Waals surface area contributed by atoms with Crippen LogP contribution in [0.2, 0.25) is 0 Å². The third kappa shape index (κ3) is 5.86. The van der Waals surface area contributed by atoms with Gasteiger partial charge in [-0.3, -0.25) is 9.69 Å². The van der Waals surface area contributed by atoms with E-state index in [9.17, 15) is 22.8 Å². The number of rotatable bonds is 5. The van der Waals surface area contributed by atoms with Gasteiger partial charge in [-0.1, -0.05) is 12.1 Å². The van der Waals surface area contributed by atoms with Crippen molar-refractivity contribution in [3.8, 4) is 11.6 Å². The fraction of sp³-hybridized carbons (Fsp3) is 0.333. The number of carbonyl (C=O) groups is 2. The van der Waals surface area contributed by atoms with Crippen LogP contribution in [0.15, 0.2) is 54.9 Å². The third-order valence-electron chi connectivity index (χ3n) is 5.69. The molecule has 0 bridgehead atoms. The summed E-state index contributed by atoms with van der Waals surface area (Å²) in [7, 11) is 0. The first-order valence-corrected chi connectivity index (χ1v) is 11.0. The predicted octanol–water partition coefficient (Wildman–Crippen LogP) is 4.47. The largest absolute Gasteiger partial charge is 0.439 e. The number of piperazine rings is 1. The van der Waals surface area contributed by atoms with E-state index in [-0.39, 0.29) is 29.4 Å². The molecule has 1 aliphatic rings. The molecule has 0 saturated carbocycles. The lowest BCUT2D eigenvalue weighted by atomic mass is 10.1. The van der Waals surface area contributed by atoms with Crippen LogP contribution in [0.1, 0.15) is 35.5 Å². The van der Waals surface area contributed by atoms with Gasteiger partial charge in [0.2, 0.25) is 5.88 Å². The number of hydrogen-bond acceptors (Lipinski definition) is 6. The van der Waals surface area contributed by atoms with Crippen LogP contribution in [-0.4, -0.2) is 62.1 Å². The Hall–Kier alpha value is -3.73. The molecule has 1 aliphatic heterocycles. The monoisotopic (exact) mass is 487 g/mol. The van der Waals surface area contributed by atoms with Gasteiger partial charge in [0, 0.05) is 57.6 Å². The van der Waals surface area contributed by atoms with Crippen molar-refractivity contribution in [2.45, 2.75) is 32.6 Å². The molecular formula is C24H24F3N5O3. The van der Waals surface area contributed by atoms with E-state index in [1.807, 2.05) is 13.0 Å². The molecule has 0 aliphatic carbocycles. The molecule has 1 amide bonds. The van der Waals surface area contributed by atoms with Gasteiger partial charge in [-0.2, -0.15) is 23.0 Å². The van der Waals surface area contributed by atoms with Gasteiger partial charge in [0.25, 0.3) is 0 Å². The van der Waals surface area contributed by atoms with Crippen LogP contribution >= 0.6 is 0 Å². The highest BCUT2D eigenvalue weighted by Crippen LogP contribution is 2.31. The van der Waals surface area contributed by atoms with Crippen LogP contribution in [0, 0.1) is 0 Å². The first kappa shape index (κ1) is 24.4. The maximum atomic E-state index is 12.9. The highest BCUT2D eigenvalue weighted by Gasteiger charge is 2.31. The molecule has 0 spiro atoms. The fourth-order valence-corrected chi connectivity index (χ4v) is 3.94. The number of ether oxygens (including phenoxy) is 1. The van der Waals surface area contributed by atoms with Crippen molar-refractivity contribution in [2.24, 2.45) is 0 Å². The Balaban J connectivity index is 1.37. The summed E-state index contributed by atoms with van der Waals surface area (Å²) in [5.74, 6) is 0.0462. The summed E-state index contributed by atoms with van der Waals surface area (Å²) in [6, 6.07) is 10.00. The van der Waals surface area contributed by atoms with Gasteiger partial charge in [-0.25, -0.2) is 9.78 Å². The Morgan fingerprint density at radius 2 is 1.94 bits per heavy atom. The zero-order valence-corrected chi connectivity index (χ0v) is 19.2. The fourth-order valence-electron chi connectivity index (χ4n) is 3.94. The molecular weight excluding hydrogens is 463 g/mol. The average Bonchev–Trinajstić information content (AvgIpc) is 3.30. The number of hydrogen-bond donors (Lipinski definition) is 0. The number of nitrogens with zero attached hydrogens (tertiary/aromatic N) is 5. The van der Waals surface area contributed by atoms with E-state index in [0.717, 1.165) is 23.9 Å². The molecule has 0 radical (unpaired) electrons. The van der Waals surface area contributed by atoms with Crippen molar-refractivity contribution in [1.29, 1.82) is 0 Å². The number of aromatic nitrogens is 3. The van der Waals surface area contributed by atoms with Gasteiger partial charge in [0.15, 0.2) is 5.78 Å². The lowest BCUT2D eigenvalue weighted by molar-refractivity contribution is -0.137. The molecule has 3 aromatic rings. The second-order valence-corrected chi connectivity index (χ2v) is 8.39. The van der Waals surface area contributed by atoms with Crippen molar-refractivity contribution >= 4 is 11.8 Å². The van der Waals surface area contributed by atoms with Crippen molar-refractivity contribution in [3.63, 3.8) is 0 Å². The van der Waals surface area contributed by atoms with Crippen molar-refractivity contribution in [2.75, 3.05) is 19.6 Å². The summed E-state index contributed by atoms with van der Waals surface area (Å²) in [5.41, 5.74) is 0.333. The summed E-state index contributed by atoms with van der Waals surface area (Å²) in [4.78, 5) is 32.0. The molecule has 2 aromatic heterocycles. The highest BCUT2D eigenvalue weighted by molar-refractivity contribution is 5.92. The normalized spacial score (nSPS) is 16.8. The third-order valence-corrected chi connectivity index (χ3v) is 5.69. The molecule has 3 heterocycles. The first-order valence-electron chi connectivity index (χ1n) is 11.0. The Morgan fingerprint density at radius 1 is 1.14 bits per heavy atom. The number of benzene rings is 1. The minimum absolute atomic E-state index is 0.0880. The number of alkyl halides is 3. The van der Waals surface area contributed by atoms with E-state index >= 15 is 0 Å². The lowest BCUT2D eigenvalue weighted by Crippen LogP contribution is -2.54. The maximum Gasteiger partial charge on any atom is 0.416 e. The van der Waals surface area contributed by atoms with Crippen molar-refractivity contribution < 1.29 is 27.5 Å². The minimum atomic E-state index is -4.48. The summed E-state index contributed by atoms with van der Waals surface area (Å²) in [6.45, 7) is 5.65. The molecule has 0 unspecified atom stereocenters. The van der Waals surface area contributed by atoms with Crippen molar-refractivity contribution in [3.05, 3.63) is 71.7 Å². The summed E-state index contributed by atoms with van der Waals surface area (Å²) in [5, 5.41) is 4.05. The Bertz CT molecular complexity index is 1230. The van der Waals surface area contributed by atoms with E-state index < -0.39 is 11.7 Å². The van der Waals surface area contributed by atoms with Gasteiger partial charge >= 0.3 is 12.2 Å². The zero-order valence-electron chi connectivity index (χ0n) is 19.2. The minimum Gasteiger partial charge on any atom is -0.439 e. The number of carbonyl (C=O) groups excluding carboxylic acids is 2. The molecule has 1 saturated heterocycles. The SMILES string of the molecule is CC(=O)c1ccn(C(=O)N2CCN(Cc3cccc(Oc4cc(C(F)(F)F)ccn4)c3)C[C@@H]2C)n1. The molecule has 8 nitrogen and oxygen atoms in total. The van der Waals surface area contributed by atoms with Gasteiger partial charge in [-0.05, 0) is 36.8 Å². The maximum absolute atomic E-state index is 12.9. The molecule has 35 heavy (non-hydrogen) atoms. The zero-order chi connectivity index (χ0) is 25.2. The number of Topliss-reactive ketones (excluding diaryl/α,β-unsaturated/α-hetero) is 1. The van der Waals surface area contributed by atoms with Crippen LogP contribution in [0.5, 0.6) is 11.6 Å². The van der Waals surface area contributed by atoms with E-state index in [4.69, 9.17) is 4.74 Å². The highest BCUT2D eigenvalue weighted by atomic mass is 19.4. The lowest BCUT2D eigenvalue weighted by Gasteiger charge is -2.39. The van der Waals surface area contributed by atoms with E-state index in [1.165, 1.54) is 23.9 Å². The Morgan fingerprint density at radius 3 is 2.63 bits per heavy atom. The predicted molar refractivity (Wildman–Crippen MR) is 120 cm³/mol. The van der Waals surface area contributed by atoms with Crippen LogP contribution in [0.4, 0.5) is 18.0 Å².